The molecule has 4 nitrogen and oxygen atoms in total. The van der Waals surface area contributed by atoms with Crippen LogP contribution in [0.4, 0.5) is 34.1 Å². The lowest BCUT2D eigenvalue weighted by Crippen LogP contribution is -2.18. The summed E-state index contributed by atoms with van der Waals surface area (Å²) in [6.45, 7) is 4.85. The second-order valence-electron chi connectivity index (χ2n) is 20.9. The molecule has 352 valence electrons. The first-order chi connectivity index (χ1) is 37.0. The van der Waals surface area contributed by atoms with Crippen molar-refractivity contribution in [2.24, 2.45) is 0 Å². The van der Waals surface area contributed by atoms with Crippen LogP contribution in [0.2, 0.25) is 0 Å². The highest BCUT2D eigenvalue weighted by atomic mass is 15.2. The number of para-hydroxylation sites is 4. The van der Waals surface area contributed by atoms with Crippen LogP contribution in [0.5, 0.6) is 0 Å². The summed E-state index contributed by atoms with van der Waals surface area (Å²) in [7, 11) is 0. The summed E-state index contributed by atoms with van der Waals surface area (Å²) in [5.41, 5.74) is 18.7. The van der Waals surface area contributed by atoms with Gasteiger partial charge in [0.15, 0.2) is 0 Å². The number of anilines is 6. The minimum absolute atomic E-state index is 0.353. The van der Waals surface area contributed by atoms with E-state index in [0.717, 1.165) is 45.5 Å². The van der Waals surface area contributed by atoms with Gasteiger partial charge in [0, 0.05) is 72.2 Å². The van der Waals surface area contributed by atoms with Crippen molar-refractivity contribution in [1.29, 1.82) is 0 Å². The monoisotopic (exact) mass is 956 g/mol. The van der Waals surface area contributed by atoms with Gasteiger partial charge in [-0.3, -0.25) is 0 Å². The summed E-state index contributed by atoms with van der Waals surface area (Å²) in [6.07, 6.45) is 0. The molecule has 0 saturated carbocycles. The van der Waals surface area contributed by atoms with E-state index in [1.807, 2.05) is 0 Å². The van der Waals surface area contributed by atoms with Crippen LogP contribution in [0.3, 0.4) is 0 Å². The van der Waals surface area contributed by atoms with E-state index in [1.165, 1.54) is 98.2 Å². The predicted octanol–water partition coefficient (Wildman–Crippen LogP) is 19.5. The lowest BCUT2D eigenvalue weighted by molar-refractivity contribution is 0.661. The second-order valence-corrected chi connectivity index (χ2v) is 20.9. The maximum absolute atomic E-state index is 2.51. The highest BCUT2D eigenvalue weighted by Gasteiger charge is 2.39. The van der Waals surface area contributed by atoms with E-state index in [0.29, 0.717) is 0 Å². The smallest absolute Gasteiger partial charge is 0.0568 e. The van der Waals surface area contributed by atoms with Gasteiger partial charge in [0.05, 0.1) is 27.8 Å². The number of rotatable bonds is 8. The zero-order valence-corrected chi connectivity index (χ0v) is 41.5. The number of aromatic nitrogens is 2. The minimum Gasteiger partial charge on any atom is -0.310 e. The van der Waals surface area contributed by atoms with Crippen molar-refractivity contribution in [3.8, 4) is 22.5 Å². The quantitative estimate of drug-likeness (QED) is 0.141. The maximum atomic E-state index is 2.51. The average molecular weight is 957 g/mol. The molecule has 0 saturated heterocycles. The second kappa shape index (κ2) is 15.7. The Labute approximate surface area is 434 Å². The minimum atomic E-state index is -0.353. The van der Waals surface area contributed by atoms with Gasteiger partial charge in [0.25, 0.3) is 0 Å². The standard InChI is InChI=1S/C71H48N4/c1-71(2)59-41-53(72(49-21-7-3-8-22-49)54-39-47-35-33-45-19-17-31-61-66(45)68(47)64(42-54)74(61)51-25-11-5-12-26-51)37-38-58(59)70-57-30-16-15-29-56(57)63(44-60(70)71)73(50-23-9-4-10-24-50)55-40-48-36-34-46-20-18-32-62-67(46)69(48)65(43-55)75(62)52-27-13-6-14-28-52/h3-44H,1-2H3. The Morgan fingerprint density at radius 1 is 0.307 bits per heavy atom. The highest BCUT2D eigenvalue weighted by Crippen LogP contribution is 2.56. The topological polar surface area (TPSA) is 16.3 Å². The molecule has 1 aliphatic carbocycles. The van der Waals surface area contributed by atoms with E-state index in [9.17, 15) is 0 Å². The molecule has 0 spiro atoms. The van der Waals surface area contributed by atoms with Crippen LogP contribution >= 0.6 is 0 Å². The Morgan fingerprint density at radius 3 is 1.33 bits per heavy atom. The molecule has 2 heterocycles. The van der Waals surface area contributed by atoms with E-state index >= 15 is 0 Å². The molecule has 15 aromatic rings. The van der Waals surface area contributed by atoms with Gasteiger partial charge in [-0.05, 0) is 152 Å². The molecule has 0 radical (unpaired) electrons. The van der Waals surface area contributed by atoms with E-state index in [4.69, 9.17) is 0 Å². The molecule has 16 rings (SSSR count). The number of fused-ring (bicyclic) bond motifs is 5. The first-order valence-corrected chi connectivity index (χ1v) is 26.1. The van der Waals surface area contributed by atoms with Gasteiger partial charge in [0.1, 0.15) is 0 Å². The normalized spacial score (nSPS) is 13.0. The Morgan fingerprint density at radius 2 is 0.773 bits per heavy atom. The molecule has 1 aliphatic rings. The lowest BCUT2D eigenvalue weighted by Gasteiger charge is -2.30. The van der Waals surface area contributed by atoms with Crippen molar-refractivity contribution < 1.29 is 0 Å². The van der Waals surface area contributed by atoms with Crippen molar-refractivity contribution in [3.63, 3.8) is 0 Å². The molecular formula is C71H48N4. The van der Waals surface area contributed by atoms with Crippen LogP contribution in [0.25, 0.3) is 98.4 Å². The molecule has 0 atom stereocenters. The molecule has 0 amide bonds. The summed E-state index contributed by atoms with van der Waals surface area (Å²) in [5, 5.41) is 12.6. The molecule has 4 heteroatoms. The van der Waals surface area contributed by atoms with Gasteiger partial charge in [0.2, 0.25) is 0 Å². The molecular weight excluding hydrogens is 909 g/mol. The largest absolute Gasteiger partial charge is 0.310 e. The Bertz CT molecular complexity index is 4720. The molecule has 0 aliphatic heterocycles. The van der Waals surface area contributed by atoms with E-state index in [-0.39, 0.29) is 5.41 Å². The van der Waals surface area contributed by atoms with Crippen molar-refractivity contribution >= 4 is 110 Å². The van der Waals surface area contributed by atoms with Crippen LogP contribution in [0.1, 0.15) is 25.0 Å². The van der Waals surface area contributed by atoms with Gasteiger partial charge in [-0.15, -0.1) is 0 Å². The molecule has 0 fully saturated rings. The van der Waals surface area contributed by atoms with Crippen molar-refractivity contribution in [1.82, 2.24) is 9.13 Å². The van der Waals surface area contributed by atoms with Crippen molar-refractivity contribution in [2.45, 2.75) is 19.3 Å². The van der Waals surface area contributed by atoms with Gasteiger partial charge in [-0.2, -0.15) is 0 Å². The van der Waals surface area contributed by atoms with Crippen molar-refractivity contribution in [3.05, 3.63) is 266 Å². The van der Waals surface area contributed by atoms with Gasteiger partial charge >= 0.3 is 0 Å². The molecule has 0 bridgehead atoms. The zero-order valence-electron chi connectivity index (χ0n) is 41.5. The first-order valence-electron chi connectivity index (χ1n) is 26.1. The van der Waals surface area contributed by atoms with Gasteiger partial charge in [-0.25, -0.2) is 0 Å². The molecule has 13 aromatic carbocycles. The summed E-state index contributed by atoms with van der Waals surface area (Å²) >= 11 is 0. The summed E-state index contributed by atoms with van der Waals surface area (Å²) in [6, 6.07) is 94.5. The fourth-order valence-electron chi connectivity index (χ4n) is 13.2. The number of benzene rings is 13. The summed E-state index contributed by atoms with van der Waals surface area (Å²) in [4.78, 5) is 4.96. The number of hydrogen-bond donors (Lipinski definition) is 0. The van der Waals surface area contributed by atoms with Crippen LogP contribution in [0.15, 0.2) is 255 Å². The van der Waals surface area contributed by atoms with E-state index in [2.05, 4.69) is 288 Å². The Balaban J connectivity index is 0.899. The van der Waals surface area contributed by atoms with Crippen LogP contribution in [0, 0.1) is 0 Å². The number of nitrogens with zero attached hydrogens (tertiary/aromatic N) is 4. The number of hydrogen-bond acceptors (Lipinski definition) is 2. The maximum Gasteiger partial charge on any atom is 0.0568 e. The van der Waals surface area contributed by atoms with Crippen LogP contribution < -0.4 is 9.80 Å². The van der Waals surface area contributed by atoms with E-state index in [1.54, 1.807) is 0 Å². The summed E-state index contributed by atoms with van der Waals surface area (Å²) in [5.74, 6) is 0. The van der Waals surface area contributed by atoms with Gasteiger partial charge < -0.3 is 18.9 Å². The zero-order chi connectivity index (χ0) is 49.5. The molecule has 2 aromatic heterocycles. The average Bonchev–Trinajstić information content (AvgIpc) is 4.08. The third-order valence-electron chi connectivity index (χ3n) is 16.5. The van der Waals surface area contributed by atoms with E-state index < -0.39 is 0 Å². The molecule has 0 N–H and O–H groups in total. The molecule has 75 heavy (non-hydrogen) atoms. The van der Waals surface area contributed by atoms with Gasteiger partial charge in [-0.1, -0.05) is 166 Å². The SMILES string of the molecule is CC1(C)c2cc(N(c3ccccc3)c3cc4ccc5cccc6c5c4c(c3)n6-c3ccccc3)ccc2-c2c1cc(N(c1ccccc1)c1cc3ccc4cccc5c4c3c(c1)n5-c1ccccc1)c1ccccc21. The fraction of sp³-hybridized carbons (Fsp3) is 0.0423. The Kier molecular flexibility index (Phi) is 8.77. The summed E-state index contributed by atoms with van der Waals surface area (Å²) < 4.78 is 4.90. The predicted molar refractivity (Wildman–Crippen MR) is 317 cm³/mol. The highest BCUT2D eigenvalue weighted by molar-refractivity contribution is 6.26. The van der Waals surface area contributed by atoms with Crippen LogP contribution in [-0.4, -0.2) is 9.13 Å². The Hall–Kier alpha value is -9.64. The fourth-order valence-corrected chi connectivity index (χ4v) is 13.2. The first kappa shape index (κ1) is 41.9. The third-order valence-corrected chi connectivity index (χ3v) is 16.5. The van der Waals surface area contributed by atoms with Crippen LogP contribution in [-0.2, 0) is 5.41 Å². The van der Waals surface area contributed by atoms with Crippen molar-refractivity contribution in [2.75, 3.05) is 9.80 Å². The molecule has 0 unspecified atom stereocenters. The lowest BCUT2D eigenvalue weighted by atomic mass is 9.81. The third kappa shape index (κ3) is 5.99.